The molecule has 0 heterocycles. The van der Waals surface area contributed by atoms with E-state index in [-0.39, 0.29) is 0 Å². The van der Waals surface area contributed by atoms with Crippen LogP contribution in [0.2, 0.25) is 0 Å². The van der Waals surface area contributed by atoms with Crippen LogP contribution in [0.4, 0.5) is 0 Å². The molecule has 0 aliphatic heterocycles. The molecular weight excluding hydrogens is 324 g/mol. The number of para-hydroxylation sites is 1. The molecule has 0 radical (unpaired) electrons. The fourth-order valence-corrected chi connectivity index (χ4v) is 2.93. The normalized spacial score (nSPS) is 11.7. The number of ether oxygens (including phenoxy) is 1. The van der Waals surface area contributed by atoms with Gasteiger partial charge < -0.3 is 9.84 Å². The molecule has 1 atom stereocenters. The van der Waals surface area contributed by atoms with Gasteiger partial charge in [-0.1, -0.05) is 61.5 Å². The van der Waals surface area contributed by atoms with E-state index in [1.165, 1.54) is 5.56 Å². The number of hydrogen-bond donors (Lipinski definition) is 1. The van der Waals surface area contributed by atoms with Gasteiger partial charge in [-0.05, 0) is 53.8 Å². The van der Waals surface area contributed by atoms with Gasteiger partial charge in [0, 0.05) is 0 Å². The van der Waals surface area contributed by atoms with Crippen LogP contribution in [0.25, 0.3) is 0 Å². The summed E-state index contributed by atoms with van der Waals surface area (Å²) in [7, 11) is 0. The fourth-order valence-electron chi connectivity index (χ4n) is 2.93. The summed E-state index contributed by atoms with van der Waals surface area (Å²) in [6.45, 7) is 2.09. The lowest BCUT2D eigenvalue weighted by Crippen LogP contribution is -2.14. The van der Waals surface area contributed by atoms with Gasteiger partial charge in [-0.15, -0.1) is 0 Å². The summed E-state index contributed by atoms with van der Waals surface area (Å²) in [4.78, 5) is 11.8. The average Bonchev–Trinajstić information content (AvgIpc) is 2.67. The third kappa shape index (κ3) is 4.51. The monoisotopic (exact) mass is 346 g/mol. The molecule has 0 spiro atoms. The number of benzene rings is 3. The summed E-state index contributed by atoms with van der Waals surface area (Å²) in [6, 6.07) is 25.0. The zero-order chi connectivity index (χ0) is 18.4. The Kier molecular flexibility index (Phi) is 5.69. The van der Waals surface area contributed by atoms with Gasteiger partial charge in [-0.3, -0.25) is 4.79 Å². The van der Waals surface area contributed by atoms with E-state index in [9.17, 15) is 9.90 Å². The van der Waals surface area contributed by atoms with Gasteiger partial charge in [0.1, 0.15) is 11.5 Å². The number of aliphatic carboxylic acids is 1. The maximum absolute atomic E-state index is 11.8. The molecule has 26 heavy (non-hydrogen) atoms. The highest BCUT2D eigenvalue weighted by Crippen LogP contribution is 2.26. The Morgan fingerprint density at radius 2 is 1.58 bits per heavy atom. The molecule has 0 aromatic heterocycles. The molecule has 1 N–H and O–H groups in total. The minimum Gasteiger partial charge on any atom is -0.481 e. The van der Waals surface area contributed by atoms with Crippen LogP contribution >= 0.6 is 0 Å². The second-order valence-corrected chi connectivity index (χ2v) is 6.25. The smallest absolute Gasteiger partial charge is 0.311 e. The first-order chi connectivity index (χ1) is 12.7. The molecule has 1 unspecified atom stereocenters. The summed E-state index contributed by atoms with van der Waals surface area (Å²) < 4.78 is 5.85. The first-order valence-electron chi connectivity index (χ1n) is 8.79. The topological polar surface area (TPSA) is 46.5 Å². The summed E-state index contributed by atoms with van der Waals surface area (Å²) in [5.74, 6) is 0.0743. The van der Waals surface area contributed by atoms with Crippen molar-refractivity contribution in [3.05, 3.63) is 95.6 Å². The summed E-state index contributed by atoms with van der Waals surface area (Å²) in [5, 5.41) is 9.69. The molecule has 3 aromatic rings. The van der Waals surface area contributed by atoms with E-state index in [0.29, 0.717) is 12.2 Å². The quantitative estimate of drug-likeness (QED) is 0.618. The third-order valence-electron chi connectivity index (χ3n) is 4.41. The van der Waals surface area contributed by atoms with E-state index in [1.54, 1.807) is 0 Å². The molecule has 0 saturated heterocycles. The number of carboxylic acid groups (broad SMARTS) is 1. The first-order valence-corrected chi connectivity index (χ1v) is 8.79. The summed E-state index contributed by atoms with van der Waals surface area (Å²) in [6.07, 6.45) is 1.36. The van der Waals surface area contributed by atoms with Crippen LogP contribution < -0.4 is 4.74 Å². The van der Waals surface area contributed by atoms with Crippen molar-refractivity contribution >= 4 is 5.97 Å². The Labute approximate surface area is 153 Å². The second kappa shape index (κ2) is 8.34. The van der Waals surface area contributed by atoms with Crippen molar-refractivity contribution < 1.29 is 14.6 Å². The molecule has 132 valence electrons. The first kappa shape index (κ1) is 17.7. The molecule has 0 amide bonds. The molecule has 3 heteroatoms. The zero-order valence-electron chi connectivity index (χ0n) is 14.8. The lowest BCUT2D eigenvalue weighted by atomic mass is 9.91. The molecule has 3 rings (SSSR count). The SMILES string of the molecule is CCc1ccc(C(Cc2cccc(Oc3ccccc3)c2)C(=O)O)cc1. The van der Waals surface area contributed by atoms with Crippen molar-refractivity contribution in [2.24, 2.45) is 0 Å². The highest BCUT2D eigenvalue weighted by molar-refractivity contribution is 5.76. The lowest BCUT2D eigenvalue weighted by Gasteiger charge is -2.14. The minimum absolute atomic E-state index is 0.423. The maximum Gasteiger partial charge on any atom is 0.311 e. The highest BCUT2D eigenvalue weighted by Gasteiger charge is 2.20. The van der Waals surface area contributed by atoms with E-state index >= 15 is 0 Å². The third-order valence-corrected chi connectivity index (χ3v) is 4.41. The van der Waals surface area contributed by atoms with E-state index in [0.717, 1.165) is 23.3 Å². The largest absolute Gasteiger partial charge is 0.481 e. The fraction of sp³-hybridized carbons (Fsp3) is 0.174. The van der Waals surface area contributed by atoms with Crippen molar-refractivity contribution in [3.63, 3.8) is 0 Å². The second-order valence-electron chi connectivity index (χ2n) is 6.25. The molecule has 3 nitrogen and oxygen atoms in total. The Balaban J connectivity index is 1.78. The van der Waals surface area contributed by atoms with Crippen molar-refractivity contribution in [2.75, 3.05) is 0 Å². The molecule has 0 aliphatic rings. The Bertz CT molecular complexity index is 854. The van der Waals surface area contributed by atoms with Gasteiger partial charge in [0.05, 0.1) is 5.92 Å². The van der Waals surface area contributed by atoms with Crippen LogP contribution in [-0.4, -0.2) is 11.1 Å². The Hall–Kier alpha value is -3.07. The van der Waals surface area contributed by atoms with Crippen molar-refractivity contribution in [1.82, 2.24) is 0 Å². The predicted molar refractivity (Wildman–Crippen MR) is 103 cm³/mol. The number of aryl methyl sites for hydroxylation is 1. The van der Waals surface area contributed by atoms with Gasteiger partial charge in [0.2, 0.25) is 0 Å². The molecular formula is C23H22O3. The van der Waals surface area contributed by atoms with Crippen LogP contribution in [0.1, 0.15) is 29.5 Å². The van der Waals surface area contributed by atoms with Crippen molar-refractivity contribution in [2.45, 2.75) is 25.7 Å². The van der Waals surface area contributed by atoms with Gasteiger partial charge in [-0.25, -0.2) is 0 Å². The summed E-state index contributed by atoms with van der Waals surface area (Å²) >= 11 is 0. The van der Waals surface area contributed by atoms with Gasteiger partial charge >= 0.3 is 5.97 Å². The van der Waals surface area contributed by atoms with E-state index < -0.39 is 11.9 Å². The van der Waals surface area contributed by atoms with Crippen LogP contribution in [-0.2, 0) is 17.6 Å². The van der Waals surface area contributed by atoms with Gasteiger partial charge in [-0.2, -0.15) is 0 Å². The van der Waals surface area contributed by atoms with Crippen LogP contribution in [0.3, 0.4) is 0 Å². The number of carboxylic acids is 1. The zero-order valence-corrected chi connectivity index (χ0v) is 14.8. The predicted octanol–water partition coefficient (Wildman–Crippen LogP) is 5.45. The van der Waals surface area contributed by atoms with Crippen molar-refractivity contribution in [3.8, 4) is 11.5 Å². The molecule has 0 bridgehead atoms. The van der Waals surface area contributed by atoms with E-state index in [2.05, 4.69) is 6.92 Å². The highest BCUT2D eigenvalue weighted by atomic mass is 16.5. The number of carbonyl (C=O) groups is 1. The molecule has 0 fully saturated rings. The Morgan fingerprint density at radius 1 is 0.885 bits per heavy atom. The number of hydrogen-bond acceptors (Lipinski definition) is 2. The van der Waals surface area contributed by atoms with Crippen LogP contribution in [0, 0.1) is 0 Å². The molecule has 3 aromatic carbocycles. The average molecular weight is 346 g/mol. The standard InChI is InChI=1S/C23H22O3/c1-2-17-11-13-19(14-12-17)22(23(24)25)16-18-7-6-10-21(15-18)26-20-8-4-3-5-9-20/h3-15,22H,2,16H2,1H3,(H,24,25). The number of rotatable bonds is 7. The van der Waals surface area contributed by atoms with Crippen molar-refractivity contribution in [1.29, 1.82) is 0 Å². The summed E-state index contributed by atoms with van der Waals surface area (Å²) in [5.41, 5.74) is 2.96. The Morgan fingerprint density at radius 3 is 2.23 bits per heavy atom. The van der Waals surface area contributed by atoms with Gasteiger partial charge in [0.15, 0.2) is 0 Å². The molecule has 0 saturated carbocycles. The van der Waals surface area contributed by atoms with Gasteiger partial charge in [0.25, 0.3) is 0 Å². The van der Waals surface area contributed by atoms with E-state index in [4.69, 9.17) is 4.74 Å². The maximum atomic E-state index is 11.8. The molecule has 0 aliphatic carbocycles. The van der Waals surface area contributed by atoms with Crippen LogP contribution in [0.5, 0.6) is 11.5 Å². The van der Waals surface area contributed by atoms with Crippen LogP contribution in [0.15, 0.2) is 78.9 Å². The van der Waals surface area contributed by atoms with E-state index in [1.807, 2.05) is 78.9 Å². The minimum atomic E-state index is -0.816. The lowest BCUT2D eigenvalue weighted by molar-refractivity contribution is -0.138.